The fourth-order valence-electron chi connectivity index (χ4n) is 2.28. The van der Waals surface area contributed by atoms with Gasteiger partial charge >= 0.3 is 0 Å². The van der Waals surface area contributed by atoms with Crippen molar-refractivity contribution in [1.29, 1.82) is 0 Å². The number of hydrogen-bond donors (Lipinski definition) is 3. The van der Waals surface area contributed by atoms with E-state index in [2.05, 4.69) is 34.3 Å². The molecule has 0 unspecified atom stereocenters. The second kappa shape index (κ2) is 7.02. The van der Waals surface area contributed by atoms with Gasteiger partial charge < -0.3 is 11.1 Å². The predicted molar refractivity (Wildman–Crippen MR) is 87.9 cm³/mol. The molecule has 0 aliphatic carbocycles. The topological polar surface area (TPSA) is 96.7 Å². The first-order chi connectivity index (χ1) is 10.4. The minimum Gasteiger partial charge on any atom is -0.354 e. The maximum atomic E-state index is 12.2. The number of aromatic amines is 1. The molecule has 1 amide bonds. The van der Waals surface area contributed by atoms with Gasteiger partial charge in [0.05, 0.1) is 16.4 Å². The SMILES string of the molecule is Cc1n[nH]c(C)c1[C@@H](N)C(=O)NCCc1csc(C(C)C)n1. The molecule has 2 rings (SSSR count). The number of carbonyl (C=O) groups is 1. The lowest BCUT2D eigenvalue weighted by Gasteiger charge is -2.12. The van der Waals surface area contributed by atoms with Crippen LogP contribution in [0.3, 0.4) is 0 Å². The van der Waals surface area contributed by atoms with Crippen LogP contribution in [-0.4, -0.2) is 27.6 Å². The van der Waals surface area contributed by atoms with E-state index < -0.39 is 6.04 Å². The Labute approximate surface area is 134 Å². The fraction of sp³-hybridized carbons (Fsp3) is 0.533. The smallest absolute Gasteiger partial charge is 0.241 e. The van der Waals surface area contributed by atoms with Crippen molar-refractivity contribution >= 4 is 17.2 Å². The molecule has 0 radical (unpaired) electrons. The van der Waals surface area contributed by atoms with Gasteiger partial charge in [0.15, 0.2) is 0 Å². The summed E-state index contributed by atoms with van der Waals surface area (Å²) in [4.78, 5) is 16.7. The van der Waals surface area contributed by atoms with Gasteiger partial charge in [0, 0.05) is 35.5 Å². The molecule has 1 atom stereocenters. The summed E-state index contributed by atoms with van der Waals surface area (Å²) in [5.41, 5.74) is 9.41. The van der Waals surface area contributed by atoms with Crippen molar-refractivity contribution in [2.75, 3.05) is 6.54 Å². The number of nitrogens with one attached hydrogen (secondary N) is 2. The van der Waals surface area contributed by atoms with Crippen LogP contribution in [-0.2, 0) is 11.2 Å². The Hall–Kier alpha value is -1.73. The van der Waals surface area contributed by atoms with Gasteiger partial charge in [0.2, 0.25) is 5.91 Å². The summed E-state index contributed by atoms with van der Waals surface area (Å²) in [6.45, 7) is 8.49. The van der Waals surface area contributed by atoms with Gasteiger partial charge in [-0.25, -0.2) is 4.98 Å². The Morgan fingerprint density at radius 3 is 2.73 bits per heavy atom. The van der Waals surface area contributed by atoms with Crippen LogP contribution in [0.1, 0.15) is 53.5 Å². The Bertz CT molecular complexity index is 627. The zero-order chi connectivity index (χ0) is 16.3. The minimum absolute atomic E-state index is 0.188. The minimum atomic E-state index is -0.694. The molecular formula is C15H23N5OS. The monoisotopic (exact) mass is 321 g/mol. The van der Waals surface area contributed by atoms with E-state index >= 15 is 0 Å². The van der Waals surface area contributed by atoms with Crippen LogP contribution in [0.15, 0.2) is 5.38 Å². The van der Waals surface area contributed by atoms with Crippen molar-refractivity contribution in [3.8, 4) is 0 Å². The summed E-state index contributed by atoms with van der Waals surface area (Å²) >= 11 is 1.66. The van der Waals surface area contributed by atoms with Gasteiger partial charge in [0.25, 0.3) is 0 Å². The second-order valence-electron chi connectivity index (χ2n) is 5.70. The van der Waals surface area contributed by atoms with Gasteiger partial charge in [-0.3, -0.25) is 9.89 Å². The number of nitrogens with two attached hydrogens (primary N) is 1. The second-order valence-corrected chi connectivity index (χ2v) is 6.59. The normalized spacial score (nSPS) is 12.6. The third kappa shape index (κ3) is 3.72. The number of aryl methyl sites for hydroxylation is 2. The van der Waals surface area contributed by atoms with E-state index in [1.807, 2.05) is 19.2 Å². The molecule has 22 heavy (non-hydrogen) atoms. The molecule has 0 aliphatic heterocycles. The van der Waals surface area contributed by atoms with Gasteiger partial charge in [-0.05, 0) is 13.8 Å². The first-order valence-corrected chi connectivity index (χ1v) is 8.27. The number of carbonyl (C=O) groups excluding carboxylic acids is 1. The molecule has 0 aliphatic rings. The number of amides is 1. The summed E-state index contributed by atoms with van der Waals surface area (Å²) in [5.74, 6) is 0.251. The molecule has 0 fully saturated rings. The highest BCUT2D eigenvalue weighted by atomic mass is 32.1. The number of thiazole rings is 1. The first kappa shape index (κ1) is 16.6. The van der Waals surface area contributed by atoms with E-state index in [4.69, 9.17) is 5.73 Å². The molecule has 2 heterocycles. The van der Waals surface area contributed by atoms with Crippen molar-refractivity contribution in [1.82, 2.24) is 20.5 Å². The van der Waals surface area contributed by atoms with E-state index in [1.54, 1.807) is 11.3 Å². The average Bonchev–Trinajstić information content (AvgIpc) is 3.05. The highest BCUT2D eigenvalue weighted by Gasteiger charge is 2.21. The highest BCUT2D eigenvalue weighted by molar-refractivity contribution is 7.09. The number of hydrogen-bond acceptors (Lipinski definition) is 5. The quantitative estimate of drug-likeness (QED) is 0.757. The Morgan fingerprint density at radius 1 is 1.45 bits per heavy atom. The molecule has 4 N–H and O–H groups in total. The van der Waals surface area contributed by atoms with Crippen LogP contribution < -0.4 is 11.1 Å². The molecule has 0 saturated carbocycles. The summed E-state index contributed by atoms with van der Waals surface area (Å²) in [7, 11) is 0. The molecule has 0 spiro atoms. The molecule has 2 aromatic rings. The highest BCUT2D eigenvalue weighted by Crippen LogP contribution is 2.19. The molecular weight excluding hydrogens is 298 g/mol. The largest absolute Gasteiger partial charge is 0.354 e. The fourth-order valence-corrected chi connectivity index (χ4v) is 3.14. The lowest BCUT2D eigenvalue weighted by molar-refractivity contribution is -0.122. The van der Waals surface area contributed by atoms with Crippen LogP contribution in [0.25, 0.3) is 0 Å². The van der Waals surface area contributed by atoms with Gasteiger partial charge in [-0.2, -0.15) is 5.10 Å². The average molecular weight is 321 g/mol. The van der Waals surface area contributed by atoms with E-state index in [0.29, 0.717) is 18.9 Å². The summed E-state index contributed by atoms with van der Waals surface area (Å²) in [5, 5.41) is 13.0. The van der Waals surface area contributed by atoms with Gasteiger partial charge in [0.1, 0.15) is 6.04 Å². The summed E-state index contributed by atoms with van der Waals surface area (Å²) in [6.07, 6.45) is 0.713. The summed E-state index contributed by atoms with van der Waals surface area (Å²) < 4.78 is 0. The lowest BCUT2D eigenvalue weighted by atomic mass is 10.1. The van der Waals surface area contributed by atoms with Crippen LogP contribution in [0.2, 0.25) is 0 Å². The van der Waals surface area contributed by atoms with Crippen molar-refractivity contribution in [3.63, 3.8) is 0 Å². The Morgan fingerprint density at radius 2 is 2.18 bits per heavy atom. The van der Waals surface area contributed by atoms with E-state index in [-0.39, 0.29) is 5.91 Å². The molecule has 0 saturated heterocycles. The zero-order valence-corrected chi connectivity index (χ0v) is 14.3. The molecule has 2 aromatic heterocycles. The summed E-state index contributed by atoms with van der Waals surface area (Å²) in [6, 6.07) is -0.694. The lowest BCUT2D eigenvalue weighted by Crippen LogP contribution is -2.35. The number of rotatable bonds is 6. The van der Waals surface area contributed by atoms with Crippen LogP contribution >= 0.6 is 11.3 Å². The number of H-pyrrole nitrogens is 1. The Balaban J connectivity index is 1.87. The maximum absolute atomic E-state index is 12.2. The number of aromatic nitrogens is 3. The van der Waals surface area contributed by atoms with E-state index in [0.717, 1.165) is 27.7 Å². The van der Waals surface area contributed by atoms with Gasteiger partial charge in [-0.1, -0.05) is 13.8 Å². The molecule has 6 nitrogen and oxygen atoms in total. The van der Waals surface area contributed by atoms with Crippen LogP contribution in [0, 0.1) is 13.8 Å². The van der Waals surface area contributed by atoms with Gasteiger partial charge in [-0.15, -0.1) is 11.3 Å². The third-order valence-electron chi connectivity index (χ3n) is 3.52. The van der Waals surface area contributed by atoms with E-state index in [1.165, 1.54) is 0 Å². The van der Waals surface area contributed by atoms with Crippen LogP contribution in [0.4, 0.5) is 0 Å². The molecule has 120 valence electrons. The predicted octanol–water partition coefficient (Wildman–Crippen LogP) is 1.97. The Kier molecular flexibility index (Phi) is 5.31. The van der Waals surface area contributed by atoms with Crippen molar-refractivity contribution in [2.24, 2.45) is 5.73 Å². The third-order valence-corrected chi connectivity index (χ3v) is 4.72. The van der Waals surface area contributed by atoms with Crippen molar-refractivity contribution in [3.05, 3.63) is 33.0 Å². The van der Waals surface area contributed by atoms with Crippen molar-refractivity contribution < 1.29 is 4.79 Å². The zero-order valence-electron chi connectivity index (χ0n) is 13.4. The standard InChI is InChI=1S/C15H23N5OS/c1-8(2)15-18-11(7-22-15)5-6-17-14(21)13(16)12-9(3)19-20-10(12)4/h7-8,13H,5-6,16H2,1-4H3,(H,17,21)(H,19,20)/t13-/m1/s1. The first-order valence-electron chi connectivity index (χ1n) is 7.39. The molecule has 7 heteroatoms. The molecule has 0 bridgehead atoms. The number of nitrogens with zero attached hydrogens (tertiary/aromatic N) is 2. The van der Waals surface area contributed by atoms with Crippen LogP contribution in [0.5, 0.6) is 0 Å². The maximum Gasteiger partial charge on any atom is 0.241 e. The van der Waals surface area contributed by atoms with Crippen molar-refractivity contribution in [2.45, 2.75) is 46.1 Å². The molecule has 0 aromatic carbocycles. The van der Waals surface area contributed by atoms with E-state index in [9.17, 15) is 4.79 Å².